The number of hydrogen-bond donors (Lipinski definition) is 0. The lowest BCUT2D eigenvalue weighted by Gasteiger charge is -2.22. The van der Waals surface area contributed by atoms with Gasteiger partial charge in [-0.3, -0.25) is 4.79 Å². The molecule has 1 aromatic carbocycles. The number of Topliss-reactive ketones (excluding diaryl/α,β-unsaturated/α-hetero) is 1. The molecule has 0 amide bonds. The third kappa shape index (κ3) is 1.78. The van der Waals surface area contributed by atoms with Gasteiger partial charge in [-0.25, -0.2) is 0 Å². The predicted octanol–water partition coefficient (Wildman–Crippen LogP) is 3.02. The van der Waals surface area contributed by atoms with E-state index < -0.39 is 0 Å². The molecule has 0 N–H and O–H groups in total. The van der Waals surface area contributed by atoms with Gasteiger partial charge in [0.05, 0.1) is 5.56 Å². The molecule has 0 saturated carbocycles. The molecule has 90 valence electrons. The summed E-state index contributed by atoms with van der Waals surface area (Å²) in [5, 5.41) is 0.625. The van der Waals surface area contributed by atoms with Crippen molar-refractivity contribution in [3.63, 3.8) is 0 Å². The Morgan fingerprint density at radius 3 is 2.76 bits per heavy atom. The van der Waals surface area contributed by atoms with Crippen LogP contribution in [0.4, 0.5) is 0 Å². The van der Waals surface area contributed by atoms with Crippen molar-refractivity contribution < 1.29 is 14.3 Å². The number of hydrogen-bond acceptors (Lipinski definition) is 3. The van der Waals surface area contributed by atoms with Crippen LogP contribution >= 0.6 is 11.6 Å². The number of carbonyl (C=O) groups is 1. The SMILES string of the molecule is O=C1CCCCc2c(Cl)cc3c(c21)OCCO3. The van der Waals surface area contributed by atoms with Gasteiger partial charge < -0.3 is 9.47 Å². The van der Waals surface area contributed by atoms with Crippen LogP contribution < -0.4 is 9.47 Å². The Hall–Kier alpha value is -1.22. The highest BCUT2D eigenvalue weighted by Gasteiger charge is 2.27. The second-order valence-corrected chi connectivity index (χ2v) is 4.77. The summed E-state index contributed by atoms with van der Waals surface area (Å²) in [7, 11) is 0. The molecule has 0 fully saturated rings. The molecule has 3 rings (SSSR count). The lowest BCUT2D eigenvalue weighted by atomic mass is 10.00. The lowest BCUT2D eigenvalue weighted by molar-refractivity contribution is 0.0971. The van der Waals surface area contributed by atoms with Crippen molar-refractivity contribution in [3.8, 4) is 11.5 Å². The van der Waals surface area contributed by atoms with Crippen molar-refractivity contribution >= 4 is 17.4 Å². The molecule has 0 spiro atoms. The smallest absolute Gasteiger partial charge is 0.172 e. The Morgan fingerprint density at radius 2 is 1.88 bits per heavy atom. The molecule has 0 atom stereocenters. The van der Waals surface area contributed by atoms with Crippen LogP contribution in [-0.4, -0.2) is 19.0 Å². The Kier molecular flexibility index (Phi) is 2.71. The fraction of sp³-hybridized carbons (Fsp3) is 0.462. The number of ketones is 1. The van der Waals surface area contributed by atoms with Gasteiger partial charge in [0.1, 0.15) is 13.2 Å². The van der Waals surface area contributed by atoms with Crippen LogP contribution in [0.5, 0.6) is 11.5 Å². The van der Waals surface area contributed by atoms with Gasteiger partial charge in [0, 0.05) is 17.5 Å². The fourth-order valence-electron chi connectivity index (χ4n) is 2.44. The standard InChI is InChI=1S/C13H13ClO3/c14-9-7-11-13(17-6-5-16-11)12-8(9)3-1-2-4-10(12)15/h7H,1-6H2. The van der Waals surface area contributed by atoms with Crippen LogP contribution in [0.25, 0.3) is 0 Å². The van der Waals surface area contributed by atoms with E-state index in [-0.39, 0.29) is 5.78 Å². The summed E-state index contributed by atoms with van der Waals surface area (Å²) in [5.74, 6) is 1.33. The first kappa shape index (κ1) is 10.9. The van der Waals surface area contributed by atoms with Crippen molar-refractivity contribution in [1.29, 1.82) is 0 Å². The third-order valence-corrected chi connectivity index (χ3v) is 3.58. The van der Waals surface area contributed by atoms with E-state index in [9.17, 15) is 4.79 Å². The number of ether oxygens (including phenoxy) is 2. The Balaban J connectivity index is 2.23. The minimum Gasteiger partial charge on any atom is -0.486 e. The van der Waals surface area contributed by atoms with Gasteiger partial charge in [0.2, 0.25) is 0 Å². The van der Waals surface area contributed by atoms with Crippen molar-refractivity contribution in [1.82, 2.24) is 0 Å². The predicted molar refractivity (Wildman–Crippen MR) is 64.3 cm³/mol. The lowest BCUT2D eigenvalue weighted by Crippen LogP contribution is -2.18. The van der Waals surface area contributed by atoms with E-state index in [1.165, 1.54) is 0 Å². The first-order valence-electron chi connectivity index (χ1n) is 5.91. The normalized spacial score (nSPS) is 18.5. The number of carbonyl (C=O) groups excluding carboxylic acids is 1. The molecule has 1 aromatic rings. The molecular weight excluding hydrogens is 240 g/mol. The molecule has 3 nitrogen and oxygen atoms in total. The van der Waals surface area contributed by atoms with Gasteiger partial charge in [-0.2, -0.15) is 0 Å². The molecular formula is C13H13ClO3. The van der Waals surface area contributed by atoms with Crippen molar-refractivity contribution in [2.24, 2.45) is 0 Å². The summed E-state index contributed by atoms with van der Waals surface area (Å²) in [5.41, 5.74) is 1.59. The molecule has 0 aromatic heterocycles. The summed E-state index contributed by atoms with van der Waals surface area (Å²) in [6.45, 7) is 1.00. The maximum absolute atomic E-state index is 12.1. The van der Waals surface area contributed by atoms with Crippen LogP contribution in [0.3, 0.4) is 0 Å². The monoisotopic (exact) mass is 252 g/mol. The molecule has 4 heteroatoms. The summed E-state index contributed by atoms with van der Waals surface area (Å²) in [6, 6.07) is 1.77. The van der Waals surface area contributed by atoms with Crippen molar-refractivity contribution in [2.75, 3.05) is 13.2 Å². The van der Waals surface area contributed by atoms with Crippen LogP contribution in [-0.2, 0) is 6.42 Å². The second kappa shape index (κ2) is 4.22. The fourth-order valence-corrected chi connectivity index (χ4v) is 2.73. The van der Waals surface area contributed by atoms with Gasteiger partial charge in [0.25, 0.3) is 0 Å². The van der Waals surface area contributed by atoms with Crippen molar-refractivity contribution in [3.05, 3.63) is 22.2 Å². The van der Waals surface area contributed by atoms with Gasteiger partial charge in [-0.15, -0.1) is 0 Å². The zero-order chi connectivity index (χ0) is 11.8. The molecule has 0 radical (unpaired) electrons. The van der Waals surface area contributed by atoms with E-state index in [1.807, 2.05) is 0 Å². The highest BCUT2D eigenvalue weighted by molar-refractivity contribution is 6.32. The minimum atomic E-state index is 0.127. The number of halogens is 1. The van der Waals surface area contributed by atoms with E-state index in [0.29, 0.717) is 41.7 Å². The maximum Gasteiger partial charge on any atom is 0.172 e. The zero-order valence-electron chi connectivity index (χ0n) is 9.42. The molecule has 0 bridgehead atoms. The zero-order valence-corrected chi connectivity index (χ0v) is 10.2. The van der Waals surface area contributed by atoms with E-state index >= 15 is 0 Å². The molecule has 1 aliphatic heterocycles. The first-order valence-corrected chi connectivity index (χ1v) is 6.29. The van der Waals surface area contributed by atoms with Gasteiger partial charge in [0.15, 0.2) is 17.3 Å². The van der Waals surface area contributed by atoms with Crippen LogP contribution in [0.15, 0.2) is 6.07 Å². The topological polar surface area (TPSA) is 35.5 Å². The minimum absolute atomic E-state index is 0.127. The van der Waals surface area contributed by atoms with E-state index in [4.69, 9.17) is 21.1 Å². The highest BCUT2D eigenvalue weighted by atomic mass is 35.5. The average molecular weight is 253 g/mol. The summed E-state index contributed by atoms with van der Waals surface area (Å²) < 4.78 is 11.1. The summed E-state index contributed by atoms with van der Waals surface area (Å²) >= 11 is 6.23. The second-order valence-electron chi connectivity index (χ2n) is 4.37. The van der Waals surface area contributed by atoms with E-state index in [0.717, 1.165) is 24.8 Å². The molecule has 0 saturated heterocycles. The Bertz CT molecular complexity index is 482. The van der Waals surface area contributed by atoms with Gasteiger partial charge >= 0.3 is 0 Å². The summed E-state index contributed by atoms with van der Waals surface area (Å²) in [6.07, 6.45) is 3.33. The molecule has 1 heterocycles. The first-order chi connectivity index (χ1) is 8.27. The number of rotatable bonds is 0. The third-order valence-electron chi connectivity index (χ3n) is 3.25. The number of fused-ring (bicyclic) bond motifs is 3. The quantitative estimate of drug-likeness (QED) is 0.666. The maximum atomic E-state index is 12.1. The van der Waals surface area contributed by atoms with E-state index in [2.05, 4.69) is 0 Å². The number of benzene rings is 1. The molecule has 0 unspecified atom stereocenters. The Morgan fingerprint density at radius 1 is 1.12 bits per heavy atom. The van der Waals surface area contributed by atoms with Gasteiger partial charge in [-0.1, -0.05) is 11.6 Å². The largest absolute Gasteiger partial charge is 0.486 e. The van der Waals surface area contributed by atoms with Gasteiger partial charge in [-0.05, 0) is 24.8 Å². The van der Waals surface area contributed by atoms with E-state index in [1.54, 1.807) is 6.07 Å². The average Bonchev–Trinajstić information content (AvgIpc) is 2.52. The van der Waals surface area contributed by atoms with Crippen LogP contribution in [0.1, 0.15) is 35.2 Å². The molecule has 17 heavy (non-hydrogen) atoms. The summed E-state index contributed by atoms with van der Waals surface area (Å²) in [4.78, 5) is 12.1. The molecule has 2 aliphatic rings. The van der Waals surface area contributed by atoms with Crippen LogP contribution in [0.2, 0.25) is 5.02 Å². The van der Waals surface area contributed by atoms with Crippen molar-refractivity contribution in [2.45, 2.75) is 25.7 Å². The Labute approximate surface area is 105 Å². The van der Waals surface area contributed by atoms with Crippen LogP contribution in [0, 0.1) is 0 Å². The highest BCUT2D eigenvalue weighted by Crippen LogP contribution is 2.42. The molecule has 1 aliphatic carbocycles.